The summed E-state index contributed by atoms with van der Waals surface area (Å²) in [6.45, 7) is 2.70. The van der Waals surface area contributed by atoms with Crippen LogP contribution >= 0.6 is 0 Å². The minimum Gasteiger partial charge on any atom is -0.496 e. The molecule has 2 aromatic carbocycles. The number of nitrogens with two attached hydrogens (primary N) is 1. The molecule has 0 bridgehead atoms. The lowest BCUT2D eigenvalue weighted by atomic mass is 10.0. The summed E-state index contributed by atoms with van der Waals surface area (Å²) < 4.78 is 7.50. The van der Waals surface area contributed by atoms with Crippen molar-refractivity contribution in [3.8, 4) is 22.6 Å². The van der Waals surface area contributed by atoms with E-state index in [0.717, 1.165) is 39.2 Å². The molecule has 2 aromatic heterocycles. The van der Waals surface area contributed by atoms with Gasteiger partial charge in [0, 0.05) is 42.8 Å². The predicted molar refractivity (Wildman–Crippen MR) is 141 cm³/mol. The fraction of sp³-hybridized carbons (Fsp3) is 0.222. The van der Waals surface area contributed by atoms with E-state index in [1.807, 2.05) is 85.2 Å². The number of likely N-dealkylation sites (N-methyl/N-ethyl adjacent to an activating group) is 2. The van der Waals surface area contributed by atoms with Crippen LogP contribution < -0.4 is 15.4 Å². The van der Waals surface area contributed by atoms with E-state index in [-0.39, 0.29) is 5.91 Å². The first-order valence-electron chi connectivity index (χ1n) is 11.3. The van der Waals surface area contributed by atoms with E-state index in [2.05, 4.69) is 9.97 Å². The fourth-order valence-electron chi connectivity index (χ4n) is 3.94. The first kappa shape index (κ1) is 24.0. The zero-order valence-corrected chi connectivity index (χ0v) is 20.7. The van der Waals surface area contributed by atoms with Gasteiger partial charge in [0.05, 0.1) is 12.5 Å². The molecular weight excluding hydrogens is 440 g/mol. The van der Waals surface area contributed by atoms with Crippen LogP contribution in [0.4, 0.5) is 11.5 Å². The Balaban J connectivity index is 1.78. The van der Waals surface area contributed by atoms with E-state index in [9.17, 15) is 4.79 Å². The summed E-state index contributed by atoms with van der Waals surface area (Å²) in [6.07, 6.45) is 6.90. The van der Waals surface area contributed by atoms with Crippen molar-refractivity contribution < 1.29 is 9.53 Å². The molecule has 0 spiro atoms. The fourth-order valence-corrected chi connectivity index (χ4v) is 3.94. The van der Waals surface area contributed by atoms with Gasteiger partial charge in [-0.15, -0.1) is 0 Å². The average Bonchev–Trinajstić information content (AvgIpc) is 3.24. The van der Waals surface area contributed by atoms with E-state index in [1.165, 1.54) is 6.33 Å². The van der Waals surface area contributed by atoms with Crippen molar-refractivity contribution in [2.24, 2.45) is 0 Å². The Kier molecular flexibility index (Phi) is 6.84. The van der Waals surface area contributed by atoms with Crippen LogP contribution in [0.25, 0.3) is 27.8 Å². The largest absolute Gasteiger partial charge is 0.496 e. The molecule has 0 unspecified atom stereocenters. The summed E-state index contributed by atoms with van der Waals surface area (Å²) in [5.41, 5.74) is 11.5. The Morgan fingerprint density at radius 2 is 1.94 bits per heavy atom. The zero-order chi connectivity index (χ0) is 25.1. The maximum atomic E-state index is 12.7. The van der Waals surface area contributed by atoms with E-state index in [0.29, 0.717) is 18.0 Å². The van der Waals surface area contributed by atoms with Gasteiger partial charge in [0.1, 0.15) is 17.9 Å². The molecule has 0 saturated heterocycles. The van der Waals surface area contributed by atoms with Crippen molar-refractivity contribution in [3.05, 3.63) is 72.7 Å². The van der Waals surface area contributed by atoms with E-state index >= 15 is 0 Å². The second-order valence-electron chi connectivity index (χ2n) is 8.64. The van der Waals surface area contributed by atoms with Gasteiger partial charge in [-0.2, -0.15) is 0 Å². The van der Waals surface area contributed by atoms with Crippen molar-refractivity contribution >= 4 is 28.4 Å². The van der Waals surface area contributed by atoms with Crippen molar-refractivity contribution in [2.75, 3.05) is 45.4 Å². The minimum absolute atomic E-state index is 0.0969. The molecule has 4 aromatic rings. The van der Waals surface area contributed by atoms with Gasteiger partial charge in [-0.3, -0.25) is 4.79 Å². The van der Waals surface area contributed by atoms with Gasteiger partial charge in [-0.1, -0.05) is 24.3 Å². The number of fused-ring (bicyclic) bond motifs is 1. The number of amides is 1. The number of anilines is 2. The van der Waals surface area contributed by atoms with Gasteiger partial charge in [0.25, 0.3) is 0 Å². The molecule has 0 fully saturated rings. The summed E-state index contributed by atoms with van der Waals surface area (Å²) in [4.78, 5) is 25.1. The number of benzene rings is 2. The molecule has 0 atom stereocenters. The molecule has 8 nitrogen and oxygen atoms in total. The molecule has 35 heavy (non-hydrogen) atoms. The molecule has 4 rings (SSSR count). The zero-order valence-electron chi connectivity index (χ0n) is 20.7. The van der Waals surface area contributed by atoms with Gasteiger partial charge in [0.2, 0.25) is 5.91 Å². The number of carbonyl (C=O) groups is 1. The van der Waals surface area contributed by atoms with Gasteiger partial charge in [-0.25, -0.2) is 9.97 Å². The molecule has 8 heteroatoms. The average molecular weight is 471 g/mol. The lowest BCUT2D eigenvalue weighted by molar-refractivity contribution is -0.113. The van der Waals surface area contributed by atoms with Gasteiger partial charge in [0.15, 0.2) is 5.65 Å². The number of hydrogen-bond acceptors (Lipinski definition) is 6. The smallest absolute Gasteiger partial charge is 0.250 e. The molecular formula is C27H30N6O2. The SMILES string of the molecule is COc1cc(-c2cn(-c3cccc(N(C)C(=O)C=CCN(C)C)c3)c3ncnc(N)c23)ccc1C. The van der Waals surface area contributed by atoms with Crippen LogP contribution in [0.2, 0.25) is 0 Å². The van der Waals surface area contributed by atoms with Crippen molar-refractivity contribution in [2.45, 2.75) is 6.92 Å². The van der Waals surface area contributed by atoms with Gasteiger partial charge < -0.3 is 24.8 Å². The van der Waals surface area contributed by atoms with Crippen LogP contribution in [-0.4, -0.2) is 60.1 Å². The van der Waals surface area contributed by atoms with Crippen LogP contribution in [0, 0.1) is 6.92 Å². The second-order valence-corrected chi connectivity index (χ2v) is 8.64. The highest BCUT2D eigenvalue weighted by Gasteiger charge is 2.18. The monoisotopic (exact) mass is 470 g/mol. The van der Waals surface area contributed by atoms with Crippen LogP contribution in [-0.2, 0) is 4.79 Å². The quantitative estimate of drug-likeness (QED) is 0.410. The summed E-state index contributed by atoms with van der Waals surface area (Å²) in [7, 11) is 7.34. The maximum Gasteiger partial charge on any atom is 0.250 e. The van der Waals surface area contributed by atoms with Crippen LogP contribution in [0.1, 0.15) is 5.56 Å². The second kappa shape index (κ2) is 9.99. The number of nitrogen functional groups attached to an aromatic ring is 1. The van der Waals surface area contributed by atoms with Crippen LogP contribution in [0.3, 0.4) is 0 Å². The standard InChI is InChI=1S/C27H30N6O2/c1-18-11-12-19(14-23(18)35-5)22-16-33(27-25(22)26(28)29-17-30-27)21-9-6-8-20(15-21)32(4)24(34)10-7-13-31(2)3/h6-12,14-17H,13H2,1-5H3,(H2,28,29,30). The summed E-state index contributed by atoms with van der Waals surface area (Å²) in [6, 6.07) is 13.8. The van der Waals surface area contributed by atoms with E-state index < -0.39 is 0 Å². The van der Waals surface area contributed by atoms with E-state index in [4.69, 9.17) is 10.5 Å². The molecule has 2 heterocycles. The first-order chi connectivity index (χ1) is 16.8. The van der Waals surface area contributed by atoms with Crippen molar-refractivity contribution in [1.29, 1.82) is 0 Å². The van der Waals surface area contributed by atoms with Crippen molar-refractivity contribution in [3.63, 3.8) is 0 Å². The number of ether oxygens (including phenoxy) is 1. The molecule has 0 aliphatic carbocycles. The van der Waals surface area contributed by atoms with Crippen LogP contribution in [0.15, 0.2) is 67.1 Å². The molecule has 1 amide bonds. The van der Waals surface area contributed by atoms with Gasteiger partial charge in [-0.05, 0) is 56.4 Å². The molecule has 0 saturated carbocycles. The molecule has 0 aliphatic heterocycles. The number of hydrogen-bond donors (Lipinski definition) is 1. The lowest BCUT2D eigenvalue weighted by Crippen LogP contribution is -2.24. The van der Waals surface area contributed by atoms with Crippen molar-refractivity contribution in [1.82, 2.24) is 19.4 Å². The molecule has 0 radical (unpaired) electrons. The summed E-state index contributed by atoms with van der Waals surface area (Å²) in [5.74, 6) is 1.10. The third-order valence-electron chi connectivity index (χ3n) is 5.89. The lowest BCUT2D eigenvalue weighted by Gasteiger charge is -2.17. The number of carbonyl (C=O) groups excluding carboxylic acids is 1. The molecule has 180 valence electrons. The van der Waals surface area contributed by atoms with E-state index in [1.54, 1.807) is 25.1 Å². The van der Waals surface area contributed by atoms with Gasteiger partial charge >= 0.3 is 0 Å². The summed E-state index contributed by atoms with van der Waals surface area (Å²) in [5, 5.41) is 0.764. The Hall–Kier alpha value is -4.17. The maximum absolute atomic E-state index is 12.7. The normalized spacial score (nSPS) is 11.5. The Morgan fingerprint density at radius 3 is 2.69 bits per heavy atom. The van der Waals surface area contributed by atoms with Crippen LogP contribution in [0.5, 0.6) is 5.75 Å². The number of aryl methyl sites for hydroxylation is 1. The predicted octanol–water partition coefficient (Wildman–Crippen LogP) is 4.07. The molecule has 0 aliphatic rings. The third kappa shape index (κ3) is 4.88. The third-order valence-corrected chi connectivity index (χ3v) is 5.89. The number of nitrogens with zero attached hydrogens (tertiary/aromatic N) is 5. The minimum atomic E-state index is -0.0969. The Morgan fingerprint density at radius 1 is 1.14 bits per heavy atom. The Bertz CT molecular complexity index is 1410. The highest BCUT2D eigenvalue weighted by atomic mass is 16.5. The first-order valence-corrected chi connectivity index (χ1v) is 11.3. The highest BCUT2D eigenvalue weighted by Crippen LogP contribution is 2.36. The molecule has 2 N–H and O–H groups in total. The number of methoxy groups -OCH3 is 1. The Labute approximate surface area is 205 Å². The number of aromatic nitrogens is 3. The topological polar surface area (TPSA) is 89.5 Å². The number of rotatable bonds is 7. The summed E-state index contributed by atoms with van der Waals surface area (Å²) >= 11 is 0. The highest BCUT2D eigenvalue weighted by molar-refractivity contribution is 6.02.